The Hall–Kier alpha value is -0.830. The second-order valence-electron chi connectivity index (χ2n) is 2.51. The molecule has 0 radical (unpaired) electrons. The zero-order valence-corrected chi connectivity index (χ0v) is 6.74. The van der Waals surface area contributed by atoms with Gasteiger partial charge in [0.15, 0.2) is 6.10 Å². The molecule has 0 aliphatic carbocycles. The second-order valence-corrected chi connectivity index (χ2v) is 2.51. The van der Waals surface area contributed by atoms with Gasteiger partial charge in [0.2, 0.25) is 0 Å². The van der Waals surface area contributed by atoms with E-state index >= 15 is 0 Å². The van der Waals surface area contributed by atoms with Crippen LogP contribution in [-0.2, 0) is 14.3 Å². The fourth-order valence-corrected chi connectivity index (χ4v) is 0.822. The van der Waals surface area contributed by atoms with Gasteiger partial charge < -0.3 is 9.47 Å². The molecule has 2 unspecified atom stereocenters. The smallest absolute Gasteiger partial charge is 0.330 e. The number of allylic oxidation sites excluding steroid dienone is 1. The van der Waals surface area contributed by atoms with E-state index in [4.69, 9.17) is 9.47 Å². The fraction of sp³-hybridized carbons (Fsp3) is 0.625. The van der Waals surface area contributed by atoms with Crippen molar-refractivity contribution in [1.82, 2.24) is 0 Å². The van der Waals surface area contributed by atoms with Gasteiger partial charge in [-0.2, -0.15) is 0 Å². The monoisotopic (exact) mass is 156 g/mol. The minimum Gasteiger partial charge on any atom is -0.454 e. The van der Waals surface area contributed by atoms with E-state index in [1.807, 2.05) is 6.92 Å². The Morgan fingerprint density at radius 1 is 1.73 bits per heavy atom. The number of carbonyl (C=O) groups is 1. The molecule has 11 heavy (non-hydrogen) atoms. The molecule has 0 bridgehead atoms. The van der Waals surface area contributed by atoms with E-state index in [1.54, 1.807) is 13.0 Å². The fourth-order valence-electron chi connectivity index (χ4n) is 0.822. The van der Waals surface area contributed by atoms with Gasteiger partial charge in [-0.3, -0.25) is 0 Å². The molecular weight excluding hydrogens is 144 g/mol. The number of carbonyl (C=O) groups excluding carboxylic acids is 1. The average Bonchev–Trinajstić information content (AvgIpc) is 1.98. The van der Waals surface area contributed by atoms with Crippen LogP contribution in [0.5, 0.6) is 0 Å². The lowest BCUT2D eigenvalue weighted by Crippen LogP contribution is -2.45. The number of hydrogen-bond donors (Lipinski definition) is 0. The predicted octanol–water partition coefficient (Wildman–Crippen LogP) is 0.893. The molecule has 62 valence electrons. The molecule has 1 fully saturated rings. The van der Waals surface area contributed by atoms with Crippen molar-refractivity contribution < 1.29 is 14.3 Å². The molecule has 1 heterocycles. The third-order valence-corrected chi connectivity index (χ3v) is 1.62. The molecule has 2 atom stereocenters. The topological polar surface area (TPSA) is 35.5 Å². The highest BCUT2D eigenvalue weighted by molar-refractivity contribution is 5.82. The van der Waals surface area contributed by atoms with E-state index < -0.39 is 0 Å². The Labute approximate surface area is 66.0 Å². The van der Waals surface area contributed by atoms with Crippen LogP contribution < -0.4 is 0 Å². The molecule has 0 aromatic rings. The Bertz CT molecular complexity index is 174. The zero-order chi connectivity index (χ0) is 8.27. The molecule has 1 aliphatic heterocycles. The summed E-state index contributed by atoms with van der Waals surface area (Å²) < 4.78 is 10.0. The van der Waals surface area contributed by atoms with E-state index in [1.165, 1.54) is 6.08 Å². The van der Waals surface area contributed by atoms with Gasteiger partial charge in [-0.15, -0.1) is 0 Å². The lowest BCUT2D eigenvalue weighted by molar-refractivity contribution is -0.188. The highest BCUT2D eigenvalue weighted by atomic mass is 16.6. The van der Waals surface area contributed by atoms with E-state index in [9.17, 15) is 4.79 Å². The van der Waals surface area contributed by atoms with Crippen LogP contribution in [0.3, 0.4) is 0 Å². The van der Waals surface area contributed by atoms with Crippen LogP contribution >= 0.6 is 0 Å². The summed E-state index contributed by atoms with van der Waals surface area (Å²) >= 11 is 0. The maximum atomic E-state index is 10.8. The summed E-state index contributed by atoms with van der Waals surface area (Å²) in [7, 11) is 0. The van der Waals surface area contributed by atoms with Crippen LogP contribution in [0.15, 0.2) is 12.2 Å². The summed E-state index contributed by atoms with van der Waals surface area (Å²) in [5.41, 5.74) is 0. The average molecular weight is 156 g/mol. The number of hydrogen-bond acceptors (Lipinski definition) is 3. The first-order valence-corrected chi connectivity index (χ1v) is 3.69. The number of esters is 1. The molecule has 3 heteroatoms. The Morgan fingerprint density at radius 2 is 2.45 bits per heavy atom. The quantitative estimate of drug-likeness (QED) is 0.440. The minimum absolute atomic E-state index is 0.0429. The van der Waals surface area contributed by atoms with Crippen molar-refractivity contribution in [1.29, 1.82) is 0 Å². The number of rotatable bonds is 2. The molecule has 1 saturated heterocycles. The van der Waals surface area contributed by atoms with Gasteiger partial charge in [0, 0.05) is 6.08 Å². The van der Waals surface area contributed by atoms with Crippen molar-refractivity contribution >= 4 is 5.97 Å². The molecule has 1 aliphatic rings. The van der Waals surface area contributed by atoms with Gasteiger partial charge >= 0.3 is 5.97 Å². The van der Waals surface area contributed by atoms with Crippen molar-refractivity contribution in [2.24, 2.45) is 0 Å². The second kappa shape index (κ2) is 3.53. The summed E-state index contributed by atoms with van der Waals surface area (Å²) in [5.74, 6) is -0.285. The molecule has 0 saturated carbocycles. The Balaban J connectivity index is 2.25. The summed E-state index contributed by atoms with van der Waals surface area (Å²) in [4.78, 5) is 10.8. The summed E-state index contributed by atoms with van der Waals surface area (Å²) in [6.45, 7) is 4.20. The largest absolute Gasteiger partial charge is 0.454 e. The summed E-state index contributed by atoms with van der Waals surface area (Å²) in [6, 6.07) is 0. The van der Waals surface area contributed by atoms with Crippen LogP contribution in [0.1, 0.15) is 13.8 Å². The molecule has 0 amide bonds. The Morgan fingerprint density at radius 3 is 2.82 bits per heavy atom. The molecule has 0 spiro atoms. The maximum absolute atomic E-state index is 10.8. The summed E-state index contributed by atoms with van der Waals surface area (Å²) in [6.07, 6.45) is 3.08. The van der Waals surface area contributed by atoms with E-state index in [2.05, 4.69) is 0 Å². The Kier molecular flexibility index (Phi) is 2.65. The summed E-state index contributed by atoms with van der Waals surface area (Å²) in [5, 5.41) is 0. The van der Waals surface area contributed by atoms with Crippen LogP contribution in [0.25, 0.3) is 0 Å². The van der Waals surface area contributed by atoms with Gasteiger partial charge in [0.05, 0.1) is 12.7 Å². The van der Waals surface area contributed by atoms with Crippen molar-refractivity contribution in [2.75, 3.05) is 6.61 Å². The van der Waals surface area contributed by atoms with Crippen LogP contribution in [0.4, 0.5) is 0 Å². The highest BCUT2D eigenvalue weighted by Gasteiger charge is 2.30. The van der Waals surface area contributed by atoms with Crippen molar-refractivity contribution in [3.8, 4) is 0 Å². The van der Waals surface area contributed by atoms with Crippen molar-refractivity contribution in [3.05, 3.63) is 12.2 Å². The highest BCUT2D eigenvalue weighted by Crippen LogP contribution is 2.15. The first kappa shape index (κ1) is 8.27. The number of ether oxygens (including phenoxy) is 2. The van der Waals surface area contributed by atoms with Crippen LogP contribution in [0.2, 0.25) is 0 Å². The lowest BCUT2D eigenvalue weighted by atomic mass is 10.2. The van der Waals surface area contributed by atoms with Gasteiger partial charge in [0.25, 0.3) is 0 Å². The minimum atomic E-state index is -0.285. The van der Waals surface area contributed by atoms with Crippen LogP contribution in [0, 0.1) is 0 Å². The third-order valence-electron chi connectivity index (χ3n) is 1.62. The lowest BCUT2D eigenvalue weighted by Gasteiger charge is -2.32. The first-order chi connectivity index (χ1) is 5.24. The standard InChI is InChI=1S/C8H12O3/c1-3-4-8(9)11-7-5-10-6(7)2/h3-4,6-7H,5H2,1-2H3. The van der Waals surface area contributed by atoms with E-state index in [-0.39, 0.29) is 18.2 Å². The normalized spacial score (nSPS) is 30.0. The molecule has 0 aromatic heterocycles. The van der Waals surface area contributed by atoms with Gasteiger partial charge in [-0.1, -0.05) is 6.08 Å². The molecular formula is C8H12O3. The van der Waals surface area contributed by atoms with Gasteiger partial charge in [0.1, 0.15) is 0 Å². The van der Waals surface area contributed by atoms with E-state index in [0.29, 0.717) is 6.61 Å². The molecule has 1 rings (SSSR count). The SMILES string of the molecule is CC=CC(=O)OC1COC1C. The molecule has 0 aromatic carbocycles. The molecule has 3 nitrogen and oxygen atoms in total. The van der Waals surface area contributed by atoms with Crippen molar-refractivity contribution in [3.63, 3.8) is 0 Å². The first-order valence-electron chi connectivity index (χ1n) is 3.69. The maximum Gasteiger partial charge on any atom is 0.330 e. The zero-order valence-electron chi connectivity index (χ0n) is 6.74. The molecule has 0 N–H and O–H groups in total. The predicted molar refractivity (Wildman–Crippen MR) is 40.1 cm³/mol. The van der Waals surface area contributed by atoms with Crippen LogP contribution in [-0.4, -0.2) is 24.8 Å². The van der Waals surface area contributed by atoms with Gasteiger partial charge in [-0.25, -0.2) is 4.79 Å². The van der Waals surface area contributed by atoms with E-state index in [0.717, 1.165) is 0 Å². The van der Waals surface area contributed by atoms with Gasteiger partial charge in [-0.05, 0) is 13.8 Å². The third kappa shape index (κ3) is 2.05. The van der Waals surface area contributed by atoms with Crippen molar-refractivity contribution in [2.45, 2.75) is 26.1 Å².